The number of hydrogen-bond donors (Lipinski definition) is 2. The van der Waals surface area contributed by atoms with Crippen LogP contribution in [0.5, 0.6) is 0 Å². The van der Waals surface area contributed by atoms with E-state index in [0.29, 0.717) is 0 Å². The zero-order chi connectivity index (χ0) is 20.9. The molecule has 0 unspecified atom stereocenters. The highest BCUT2D eigenvalue weighted by molar-refractivity contribution is 7.99. The first-order valence-electron chi connectivity index (χ1n) is 7.62. The molecule has 150 valence electrons. The highest BCUT2D eigenvalue weighted by Gasteiger charge is 2.23. The number of nitrogens with zero attached hydrogens (tertiary/aromatic N) is 1. The largest absolute Gasteiger partial charge is 0.449 e. The third-order valence-corrected chi connectivity index (χ3v) is 4.95. The average Bonchev–Trinajstić information content (AvgIpc) is 2.61. The van der Waals surface area contributed by atoms with Crippen molar-refractivity contribution in [1.29, 1.82) is 0 Å². The van der Waals surface area contributed by atoms with Crippen LogP contribution in [-0.4, -0.2) is 37.1 Å². The molecule has 2 rings (SSSR count). The van der Waals surface area contributed by atoms with Gasteiger partial charge in [0.05, 0.1) is 10.5 Å². The van der Waals surface area contributed by atoms with Crippen LogP contribution in [0.25, 0.3) is 0 Å². The van der Waals surface area contributed by atoms with Crippen molar-refractivity contribution in [2.75, 3.05) is 5.32 Å². The number of halogens is 2. The zero-order valence-electron chi connectivity index (χ0n) is 14.3. The van der Waals surface area contributed by atoms with Gasteiger partial charge < -0.3 is 10.1 Å². The number of nitrogens with one attached hydrogen (secondary N) is 1. The number of primary sulfonamides is 1. The topological polar surface area (TPSA) is 128 Å². The van der Waals surface area contributed by atoms with E-state index in [-0.39, 0.29) is 32.9 Å². The highest BCUT2D eigenvalue weighted by Crippen LogP contribution is 2.27. The van der Waals surface area contributed by atoms with Crippen LogP contribution in [0.1, 0.15) is 17.3 Å². The zero-order valence-corrected chi connectivity index (χ0v) is 16.0. The summed E-state index contributed by atoms with van der Waals surface area (Å²) in [5, 5.41) is 7.20. The Hall–Kier alpha value is -2.57. The molecule has 12 heteroatoms. The summed E-state index contributed by atoms with van der Waals surface area (Å²) in [5.41, 5.74) is 0.0561. The fourth-order valence-electron chi connectivity index (χ4n) is 1.97. The minimum atomic E-state index is -3.87. The number of sulfonamides is 1. The lowest BCUT2D eigenvalue weighted by Gasteiger charge is -2.14. The Bertz CT molecular complexity index is 968. The molecule has 0 spiro atoms. The van der Waals surface area contributed by atoms with Crippen molar-refractivity contribution in [1.82, 2.24) is 4.98 Å². The molecule has 8 nitrogen and oxygen atoms in total. The number of ether oxygens (including phenoxy) is 1. The fraction of sp³-hybridized carbons (Fsp3) is 0.188. The molecule has 28 heavy (non-hydrogen) atoms. The lowest BCUT2D eigenvalue weighted by molar-refractivity contribution is -0.123. The van der Waals surface area contributed by atoms with E-state index in [4.69, 9.17) is 9.88 Å². The first-order chi connectivity index (χ1) is 13.1. The standard InChI is InChI=1S/C16H15F2N3O5S2/c1-9(13(22)21-10-4-6-11(7-5-10)28(19,24)25)26-15(23)12-3-2-8-20-14(12)27-16(17)18/h2-9,16H,1H3,(H,21,22)(H2,19,24,25)/t9-/m1/s1. The maximum absolute atomic E-state index is 12.6. The van der Waals surface area contributed by atoms with E-state index >= 15 is 0 Å². The number of carbonyl (C=O) groups is 2. The monoisotopic (exact) mass is 431 g/mol. The predicted molar refractivity (Wildman–Crippen MR) is 97.4 cm³/mol. The van der Waals surface area contributed by atoms with Crippen LogP contribution in [0.15, 0.2) is 52.5 Å². The summed E-state index contributed by atoms with van der Waals surface area (Å²) in [7, 11) is -3.87. The molecule has 3 N–H and O–H groups in total. The smallest absolute Gasteiger partial charge is 0.341 e. The summed E-state index contributed by atoms with van der Waals surface area (Å²) >= 11 is 0.0896. The van der Waals surface area contributed by atoms with Crippen molar-refractivity contribution in [3.8, 4) is 0 Å². The molecule has 1 aromatic heterocycles. The van der Waals surface area contributed by atoms with E-state index in [1.54, 1.807) is 0 Å². The summed E-state index contributed by atoms with van der Waals surface area (Å²) in [6.45, 7) is 1.29. The Morgan fingerprint density at radius 1 is 1.21 bits per heavy atom. The van der Waals surface area contributed by atoms with E-state index < -0.39 is 33.8 Å². The molecule has 0 bridgehead atoms. The second kappa shape index (κ2) is 9.08. The Morgan fingerprint density at radius 2 is 1.86 bits per heavy atom. The van der Waals surface area contributed by atoms with Crippen LogP contribution in [0.2, 0.25) is 0 Å². The third-order valence-electron chi connectivity index (χ3n) is 3.30. The Balaban J connectivity index is 2.03. The molecule has 0 fully saturated rings. The van der Waals surface area contributed by atoms with Gasteiger partial charge in [0.1, 0.15) is 5.03 Å². The third kappa shape index (κ3) is 5.97. The SMILES string of the molecule is C[C@@H](OC(=O)c1cccnc1SC(F)F)C(=O)Nc1ccc(S(N)(=O)=O)cc1. The lowest BCUT2D eigenvalue weighted by atomic mass is 10.2. The maximum atomic E-state index is 12.6. The number of hydrogen-bond acceptors (Lipinski definition) is 7. The number of rotatable bonds is 7. The number of aromatic nitrogens is 1. The molecule has 0 radical (unpaired) electrons. The number of esters is 1. The second-order valence-corrected chi connectivity index (χ2v) is 7.88. The van der Waals surface area contributed by atoms with Crippen molar-refractivity contribution < 1.29 is 31.5 Å². The molecule has 1 amide bonds. The number of carbonyl (C=O) groups excluding carboxylic acids is 2. The van der Waals surface area contributed by atoms with E-state index in [1.807, 2.05) is 0 Å². The Morgan fingerprint density at radius 3 is 2.43 bits per heavy atom. The van der Waals surface area contributed by atoms with Crippen LogP contribution in [0, 0.1) is 0 Å². The predicted octanol–water partition coefficient (Wildman–Crippen LogP) is 2.23. The first kappa shape index (κ1) is 21.7. The molecular formula is C16H15F2N3O5S2. The molecule has 0 saturated heterocycles. The van der Waals surface area contributed by atoms with Gasteiger partial charge in [-0.25, -0.2) is 23.3 Å². The summed E-state index contributed by atoms with van der Waals surface area (Å²) < 4.78 is 52.5. The van der Waals surface area contributed by atoms with Crippen molar-refractivity contribution >= 4 is 39.3 Å². The minimum Gasteiger partial charge on any atom is -0.449 e. The van der Waals surface area contributed by atoms with Gasteiger partial charge in [0.2, 0.25) is 10.0 Å². The molecule has 1 heterocycles. The highest BCUT2D eigenvalue weighted by atomic mass is 32.2. The average molecular weight is 431 g/mol. The number of anilines is 1. The number of pyridine rings is 1. The van der Waals surface area contributed by atoms with E-state index in [1.165, 1.54) is 49.5 Å². The number of benzene rings is 1. The Labute approximate surface area is 163 Å². The van der Waals surface area contributed by atoms with Gasteiger partial charge in [0, 0.05) is 11.9 Å². The van der Waals surface area contributed by atoms with Gasteiger partial charge in [0.25, 0.3) is 11.7 Å². The summed E-state index contributed by atoms with van der Waals surface area (Å²) in [5.74, 6) is -4.46. The molecule has 1 aromatic carbocycles. The van der Waals surface area contributed by atoms with Crippen molar-refractivity contribution in [2.45, 2.75) is 28.7 Å². The van der Waals surface area contributed by atoms with Gasteiger partial charge in [-0.1, -0.05) is 0 Å². The van der Waals surface area contributed by atoms with Gasteiger partial charge in [-0.05, 0) is 55.1 Å². The van der Waals surface area contributed by atoms with Crippen LogP contribution in [0.4, 0.5) is 14.5 Å². The molecule has 0 aliphatic carbocycles. The van der Waals surface area contributed by atoms with Crippen LogP contribution >= 0.6 is 11.8 Å². The van der Waals surface area contributed by atoms with Crippen LogP contribution in [-0.2, 0) is 19.6 Å². The Kier molecular flexibility index (Phi) is 7.05. The second-order valence-electron chi connectivity index (χ2n) is 5.34. The molecule has 0 aliphatic rings. The summed E-state index contributed by atoms with van der Waals surface area (Å²) in [6, 6.07) is 7.66. The lowest BCUT2D eigenvalue weighted by Crippen LogP contribution is -2.30. The number of amides is 1. The van der Waals surface area contributed by atoms with Gasteiger partial charge in [-0.2, -0.15) is 8.78 Å². The van der Waals surface area contributed by atoms with Crippen LogP contribution < -0.4 is 10.5 Å². The van der Waals surface area contributed by atoms with Crippen molar-refractivity contribution in [3.05, 3.63) is 48.2 Å². The van der Waals surface area contributed by atoms with Gasteiger partial charge in [-0.15, -0.1) is 0 Å². The normalized spacial score (nSPS) is 12.5. The minimum absolute atomic E-state index is 0.0896. The van der Waals surface area contributed by atoms with Gasteiger partial charge in [-0.3, -0.25) is 4.79 Å². The first-order valence-corrected chi connectivity index (χ1v) is 10.0. The van der Waals surface area contributed by atoms with E-state index in [0.717, 1.165) is 0 Å². The van der Waals surface area contributed by atoms with Gasteiger partial charge in [0.15, 0.2) is 6.10 Å². The molecule has 2 aromatic rings. The van der Waals surface area contributed by atoms with Crippen molar-refractivity contribution in [3.63, 3.8) is 0 Å². The molecule has 0 saturated carbocycles. The van der Waals surface area contributed by atoms with E-state index in [2.05, 4.69) is 10.3 Å². The van der Waals surface area contributed by atoms with Gasteiger partial charge >= 0.3 is 5.97 Å². The fourth-order valence-corrected chi connectivity index (χ4v) is 3.06. The summed E-state index contributed by atoms with van der Waals surface area (Å²) in [4.78, 5) is 27.9. The van der Waals surface area contributed by atoms with Crippen molar-refractivity contribution in [2.24, 2.45) is 5.14 Å². The number of alkyl halides is 2. The van der Waals surface area contributed by atoms with E-state index in [9.17, 15) is 26.8 Å². The van der Waals surface area contributed by atoms with Crippen LogP contribution in [0.3, 0.4) is 0 Å². The molecule has 1 atom stereocenters. The molecular weight excluding hydrogens is 416 g/mol. The number of thioether (sulfide) groups is 1. The maximum Gasteiger partial charge on any atom is 0.341 e. The quantitative estimate of drug-likeness (QED) is 0.508. The number of nitrogens with two attached hydrogens (primary N) is 1. The summed E-state index contributed by atoms with van der Waals surface area (Å²) in [6.07, 6.45) is -0.00180. The molecule has 0 aliphatic heterocycles.